The van der Waals surface area contributed by atoms with Crippen LogP contribution in [0.25, 0.3) is 0 Å². The van der Waals surface area contributed by atoms with Crippen LogP contribution in [0, 0.1) is 6.92 Å². The summed E-state index contributed by atoms with van der Waals surface area (Å²) in [5.74, 6) is -0.0952. The average molecular weight is 293 g/mol. The van der Waals surface area contributed by atoms with E-state index in [4.69, 9.17) is 0 Å². The lowest BCUT2D eigenvalue weighted by Crippen LogP contribution is -2.42. The van der Waals surface area contributed by atoms with E-state index in [1.165, 1.54) is 6.07 Å². The van der Waals surface area contributed by atoms with Crippen LogP contribution in [0.3, 0.4) is 0 Å². The molecule has 21 heavy (non-hydrogen) atoms. The minimum Gasteiger partial charge on any atom is -0.503 e. The molecular formula is C16H27N3O2. The molecule has 0 unspecified atom stereocenters. The molecule has 0 atom stereocenters. The zero-order valence-corrected chi connectivity index (χ0v) is 13.6. The van der Waals surface area contributed by atoms with Gasteiger partial charge in [0.25, 0.3) is 0 Å². The maximum Gasteiger partial charge on any atom is 0.223 e. The second-order valence-electron chi connectivity index (χ2n) is 6.14. The molecule has 2 heterocycles. The Bertz CT molecular complexity index is 545. The SMILES string of the molecule is CCn1c(C)cc(=O)c(O)c1CN(C)C1CCN(C)CC1. The molecule has 1 aromatic rings. The van der Waals surface area contributed by atoms with Crippen LogP contribution in [0.2, 0.25) is 0 Å². The lowest BCUT2D eigenvalue weighted by Gasteiger charge is -2.35. The number of rotatable bonds is 4. The van der Waals surface area contributed by atoms with E-state index in [0.29, 0.717) is 12.6 Å². The molecular weight excluding hydrogens is 266 g/mol. The smallest absolute Gasteiger partial charge is 0.223 e. The van der Waals surface area contributed by atoms with Crippen LogP contribution in [0.15, 0.2) is 10.9 Å². The maximum absolute atomic E-state index is 11.8. The van der Waals surface area contributed by atoms with Crippen LogP contribution in [0.5, 0.6) is 5.75 Å². The predicted molar refractivity (Wildman–Crippen MR) is 84.8 cm³/mol. The van der Waals surface area contributed by atoms with Crippen molar-refractivity contribution in [3.63, 3.8) is 0 Å². The molecule has 5 heteroatoms. The Morgan fingerprint density at radius 1 is 1.38 bits per heavy atom. The van der Waals surface area contributed by atoms with Gasteiger partial charge >= 0.3 is 0 Å². The Kier molecular flexibility index (Phi) is 5.06. The van der Waals surface area contributed by atoms with Gasteiger partial charge in [0.05, 0.1) is 5.69 Å². The first-order valence-corrected chi connectivity index (χ1v) is 7.75. The molecule has 1 N–H and O–H groups in total. The van der Waals surface area contributed by atoms with E-state index in [-0.39, 0.29) is 11.2 Å². The predicted octanol–water partition coefficient (Wildman–Crippen LogP) is 1.41. The Balaban J connectivity index is 2.20. The molecule has 0 bridgehead atoms. The van der Waals surface area contributed by atoms with Crippen molar-refractivity contribution in [2.24, 2.45) is 0 Å². The number of pyridine rings is 1. The van der Waals surface area contributed by atoms with Crippen LogP contribution < -0.4 is 5.43 Å². The van der Waals surface area contributed by atoms with E-state index in [1.807, 2.05) is 18.4 Å². The summed E-state index contributed by atoms with van der Waals surface area (Å²) in [7, 11) is 4.24. The molecule has 0 spiro atoms. The molecule has 0 aliphatic carbocycles. The Labute approximate surface area is 126 Å². The van der Waals surface area contributed by atoms with Gasteiger partial charge in [-0.15, -0.1) is 0 Å². The standard InChI is InChI=1S/C16H27N3O2/c1-5-19-12(2)10-15(20)16(21)14(19)11-18(4)13-6-8-17(3)9-7-13/h10,13,21H,5-9,11H2,1-4H3. The fourth-order valence-corrected chi connectivity index (χ4v) is 3.22. The van der Waals surface area contributed by atoms with Crippen molar-refractivity contribution in [1.29, 1.82) is 0 Å². The van der Waals surface area contributed by atoms with Gasteiger partial charge in [0.2, 0.25) is 5.43 Å². The van der Waals surface area contributed by atoms with Crippen LogP contribution >= 0.6 is 0 Å². The second kappa shape index (κ2) is 6.62. The highest BCUT2D eigenvalue weighted by Gasteiger charge is 2.22. The summed E-state index contributed by atoms with van der Waals surface area (Å²) in [6.07, 6.45) is 2.27. The topological polar surface area (TPSA) is 48.7 Å². The van der Waals surface area contributed by atoms with Gasteiger partial charge in [0.1, 0.15) is 0 Å². The molecule has 118 valence electrons. The van der Waals surface area contributed by atoms with Gasteiger partial charge in [-0.1, -0.05) is 0 Å². The van der Waals surface area contributed by atoms with Crippen LogP contribution in [0.4, 0.5) is 0 Å². The van der Waals surface area contributed by atoms with Gasteiger partial charge in [-0.2, -0.15) is 0 Å². The van der Waals surface area contributed by atoms with Crippen molar-refractivity contribution in [3.05, 3.63) is 27.7 Å². The fourth-order valence-electron chi connectivity index (χ4n) is 3.22. The van der Waals surface area contributed by atoms with Crippen LogP contribution in [-0.2, 0) is 13.1 Å². The summed E-state index contributed by atoms with van der Waals surface area (Å²) < 4.78 is 2.03. The first-order valence-electron chi connectivity index (χ1n) is 7.75. The van der Waals surface area contributed by atoms with Crippen molar-refractivity contribution in [2.45, 2.75) is 45.8 Å². The quantitative estimate of drug-likeness (QED) is 0.912. The molecule has 2 rings (SSSR count). The Morgan fingerprint density at radius 2 is 2.00 bits per heavy atom. The minimum absolute atomic E-state index is 0.0952. The lowest BCUT2D eigenvalue weighted by atomic mass is 10.0. The largest absolute Gasteiger partial charge is 0.503 e. The molecule has 1 aromatic heterocycles. The highest BCUT2D eigenvalue weighted by atomic mass is 16.3. The summed E-state index contributed by atoms with van der Waals surface area (Å²) in [6, 6.07) is 2.03. The zero-order valence-electron chi connectivity index (χ0n) is 13.6. The van der Waals surface area contributed by atoms with E-state index >= 15 is 0 Å². The number of aromatic nitrogens is 1. The van der Waals surface area contributed by atoms with Gasteiger partial charge in [-0.3, -0.25) is 9.69 Å². The van der Waals surface area contributed by atoms with E-state index in [0.717, 1.165) is 43.9 Å². The third-order valence-corrected chi connectivity index (χ3v) is 4.63. The molecule has 1 saturated heterocycles. The highest BCUT2D eigenvalue weighted by molar-refractivity contribution is 5.29. The van der Waals surface area contributed by atoms with Crippen molar-refractivity contribution in [1.82, 2.24) is 14.4 Å². The molecule has 1 aliphatic heterocycles. The second-order valence-corrected chi connectivity index (χ2v) is 6.14. The van der Waals surface area contributed by atoms with Crippen LogP contribution in [0.1, 0.15) is 31.2 Å². The third kappa shape index (κ3) is 3.47. The number of aryl methyl sites for hydroxylation is 1. The molecule has 0 saturated carbocycles. The van der Waals surface area contributed by atoms with Crippen molar-refractivity contribution < 1.29 is 5.11 Å². The molecule has 5 nitrogen and oxygen atoms in total. The fraction of sp³-hybridized carbons (Fsp3) is 0.688. The number of hydrogen-bond donors (Lipinski definition) is 1. The summed E-state index contributed by atoms with van der Waals surface area (Å²) in [6.45, 7) is 7.55. The summed E-state index contributed by atoms with van der Waals surface area (Å²) >= 11 is 0. The van der Waals surface area contributed by atoms with E-state index in [2.05, 4.69) is 23.9 Å². The monoisotopic (exact) mass is 293 g/mol. The molecule has 0 amide bonds. The average Bonchev–Trinajstić information content (AvgIpc) is 2.45. The lowest BCUT2D eigenvalue weighted by molar-refractivity contribution is 0.136. The van der Waals surface area contributed by atoms with E-state index in [1.54, 1.807) is 0 Å². The van der Waals surface area contributed by atoms with Crippen molar-refractivity contribution >= 4 is 0 Å². The Morgan fingerprint density at radius 3 is 2.57 bits per heavy atom. The molecule has 0 aromatic carbocycles. The number of hydrogen-bond acceptors (Lipinski definition) is 4. The zero-order chi connectivity index (χ0) is 15.6. The number of aromatic hydroxyl groups is 1. The first-order chi connectivity index (χ1) is 9.93. The summed E-state index contributed by atoms with van der Waals surface area (Å²) in [5.41, 5.74) is 1.37. The number of likely N-dealkylation sites (tertiary alicyclic amines) is 1. The normalized spacial score (nSPS) is 17.6. The van der Waals surface area contributed by atoms with Gasteiger partial charge in [0, 0.05) is 30.9 Å². The van der Waals surface area contributed by atoms with Crippen molar-refractivity contribution in [3.8, 4) is 5.75 Å². The van der Waals surface area contributed by atoms with Gasteiger partial charge in [-0.25, -0.2) is 0 Å². The van der Waals surface area contributed by atoms with Gasteiger partial charge < -0.3 is 14.6 Å². The van der Waals surface area contributed by atoms with E-state index < -0.39 is 0 Å². The van der Waals surface area contributed by atoms with Crippen molar-refractivity contribution in [2.75, 3.05) is 27.2 Å². The Hall–Kier alpha value is -1.33. The third-order valence-electron chi connectivity index (χ3n) is 4.63. The number of nitrogens with zero attached hydrogens (tertiary/aromatic N) is 3. The summed E-state index contributed by atoms with van der Waals surface area (Å²) in [4.78, 5) is 16.5. The minimum atomic E-state index is -0.274. The molecule has 1 aliphatic rings. The first kappa shape index (κ1) is 16.0. The van der Waals surface area contributed by atoms with Crippen LogP contribution in [-0.4, -0.2) is 52.7 Å². The number of piperidine rings is 1. The maximum atomic E-state index is 11.8. The summed E-state index contributed by atoms with van der Waals surface area (Å²) in [5, 5.41) is 10.2. The van der Waals surface area contributed by atoms with E-state index in [9.17, 15) is 9.90 Å². The van der Waals surface area contributed by atoms with Gasteiger partial charge in [-0.05, 0) is 53.9 Å². The highest BCUT2D eigenvalue weighted by Crippen LogP contribution is 2.20. The van der Waals surface area contributed by atoms with Gasteiger partial charge in [0.15, 0.2) is 5.75 Å². The molecule has 0 radical (unpaired) electrons. The molecule has 1 fully saturated rings.